The van der Waals surface area contributed by atoms with Crippen molar-refractivity contribution in [3.63, 3.8) is 0 Å². The normalized spacial score (nSPS) is 17.0. The lowest BCUT2D eigenvalue weighted by Gasteiger charge is -2.10. The second-order valence-electron chi connectivity index (χ2n) is 4.74. The molecule has 19 heavy (non-hydrogen) atoms. The molecule has 0 aliphatic heterocycles. The largest absolute Gasteiger partial charge is 0.497 e. The molecule has 0 spiro atoms. The summed E-state index contributed by atoms with van der Waals surface area (Å²) in [5, 5.41) is 0. The molecule has 3 nitrogen and oxygen atoms in total. The van der Waals surface area contributed by atoms with Gasteiger partial charge in [-0.15, -0.1) is 0 Å². The summed E-state index contributed by atoms with van der Waals surface area (Å²) in [5.41, 5.74) is 2.84. The summed E-state index contributed by atoms with van der Waals surface area (Å²) in [6.07, 6.45) is 3.54. The number of Topliss-reactive ketones (excluding diaryl/α,β-unsaturated/α-hetero) is 1. The number of nitrogens with zero attached hydrogens (tertiary/aromatic N) is 1. The van der Waals surface area contributed by atoms with Crippen LogP contribution >= 0.6 is 0 Å². The zero-order valence-corrected chi connectivity index (χ0v) is 10.8. The van der Waals surface area contributed by atoms with Crippen molar-refractivity contribution in [1.29, 1.82) is 0 Å². The SMILES string of the molecule is COc1cccc(C(=O)C2CCc3cccnc32)c1. The minimum absolute atomic E-state index is 0.108. The number of ether oxygens (including phenoxy) is 1. The van der Waals surface area contributed by atoms with Crippen molar-refractivity contribution in [3.8, 4) is 5.75 Å². The first kappa shape index (κ1) is 11.9. The van der Waals surface area contributed by atoms with Crippen molar-refractivity contribution in [2.24, 2.45) is 0 Å². The number of hydrogen-bond acceptors (Lipinski definition) is 3. The molecule has 3 heteroatoms. The molecule has 96 valence electrons. The maximum Gasteiger partial charge on any atom is 0.172 e. The Kier molecular flexibility index (Phi) is 3.03. The Balaban J connectivity index is 1.93. The minimum Gasteiger partial charge on any atom is -0.497 e. The van der Waals surface area contributed by atoms with Gasteiger partial charge in [-0.2, -0.15) is 0 Å². The van der Waals surface area contributed by atoms with E-state index in [1.807, 2.05) is 24.3 Å². The Hall–Kier alpha value is -2.16. The third-order valence-electron chi connectivity index (χ3n) is 3.63. The van der Waals surface area contributed by atoms with Crippen LogP contribution in [-0.4, -0.2) is 17.9 Å². The highest BCUT2D eigenvalue weighted by atomic mass is 16.5. The first-order chi connectivity index (χ1) is 9.29. The molecule has 1 heterocycles. The van der Waals surface area contributed by atoms with Gasteiger partial charge in [0.1, 0.15) is 5.75 Å². The van der Waals surface area contributed by atoms with Crippen LogP contribution in [0, 0.1) is 0 Å². The summed E-state index contributed by atoms with van der Waals surface area (Å²) in [7, 11) is 1.61. The Morgan fingerprint density at radius 2 is 2.21 bits per heavy atom. The molecule has 1 unspecified atom stereocenters. The van der Waals surface area contributed by atoms with Gasteiger partial charge in [0.05, 0.1) is 18.7 Å². The average molecular weight is 253 g/mol. The smallest absolute Gasteiger partial charge is 0.172 e. The van der Waals surface area contributed by atoms with Crippen LogP contribution in [0.25, 0.3) is 0 Å². The maximum atomic E-state index is 12.6. The van der Waals surface area contributed by atoms with Crippen molar-refractivity contribution < 1.29 is 9.53 Å². The molecule has 0 amide bonds. The van der Waals surface area contributed by atoms with E-state index in [9.17, 15) is 4.79 Å². The number of aryl methyl sites for hydroxylation is 1. The molecular weight excluding hydrogens is 238 g/mol. The zero-order chi connectivity index (χ0) is 13.2. The lowest BCUT2D eigenvalue weighted by Crippen LogP contribution is -2.11. The van der Waals surface area contributed by atoms with Crippen LogP contribution in [0.1, 0.15) is 34.0 Å². The molecule has 0 fully saturated rings. The maximum absolute atomic E-state index is 12.6. The second-order valence-corrected chi connectivity index (χ2v) is 4.74. The van der Waals surface area contributed by atoms with Gasteiger partial charge in [-0.05, 0) is 36.6 Å². The van der Waals surface area contributed by atoms with Gasteiger partial charge in [0.25, 0.3) is 0 Å². The van der Waals surface area contributed by atoms with Crippen LogP contribution in [0.15, 0.2) is 42.6 Å². The van der Waals surface area contributed by atoms with Crippen LogP contribution in [-0.2, 0) is 6.42 Å². The van der Waals surface area contributed by atoms with Crippen LogP contribution in [0.2, 0.25) is 0 Å². The van der Waals surface area contributed by atoms with Crippen LogP contribution in [0.4, 0.5) is 0 Å². The Bertz CT molecular complexity index is 622. The van der Waals surface area contributed by atoms with E-state index in [4.69, 9.17) is 4.74 Å². The lowest BCUT2D eigenvalue weighted by molar-refractivity contribution is 0.0958. The van der Waals surface area contributed by atoms with Gasteiger partial charge in [0.15, 0.2) is 5.78 Å². The fourth-order valence-electron chi connectivity index (χ4n) is 2.65. The van der Waals surface area contributed by atoms with Crippen LogP contribution in [0.5, 0.6) is 5.75 Å². The molecule has 0 radical (unpaired) electrons. The summed E-state index contributed by atoms with van der Waals surface area (Å²) < 4.78 is 5.17. The molecule has 1 aliphatic rings. The zero-order valence-electron chi connectivity index (χ0n) is 10.8. The van der Waals surface area contributed by atoms with Gasteiger partial charge in [-0.1, -0.05) is 18.2 Å². The van der Waals surface area contributed by atoms with Gasteiger partial charge in [-0.3, -0.25) is 9.78 Å². The number of carbonyl (C=O) groups is 1. The number of hydrogen-bond donors (Lipinski definition) is 0. The summed E-state index contributed by atoms with van der Waals surface area (Å²) in [6.45, 7) is 0. The van der Waals surface area contributed by atoms with E-state index in [1.165, 1.54) is 5.56 Å². The van der Waals surface area contributed by atoms with E-state index in [2.05, 4.69) is 11.1 Å². The van der Waals surface area contributed by atoms with E-state index in [0.29, 0.717) is 11.3 Å². The highest BCUT2D eigenvalue weighted by Gasteiger charge is 2.30. The number of aromatic nitrogens is 1. The first-order valence-electron chi connectivity index (χ1n) is 6.41. The van der Waals surface area contributed by atoms with Crippen LogP contribution < -0.4 is 4.74 Å². The van der Waals surface area contributed by atoms with Gasteiger partial charge < -0.3 is 4.74 Å². The number of methoxy groups -OCH3 is 1. The number of fused-ring (bicyclic) bond motifs is 1. The molecule has 3 rings (SSSR count). The van der Waals surface area contributed by atoms with Gasteiger partial charge in [0, 0.05) is 11.8 Å². The van der Waals surface area contributed by atoms with Crippen molar-refractivity contribution >= 4 is 5.78 Å². The predicted molar refractivity (Wildman–Crippen MR) is 72.6 cm³/mol. The van der Waals surface area contributed by atoms with Gasteiger partial charge >= 0.3 is 0 Å². The molecule has 1 aromatic carbocycles. The summed E-state index contributed by atoms with van der Waals surface area (Å²) in [6, 6.07) is 11.3. The molecule has 1 atom stereocenters. The second kappa shape index (κ2) is 4.84. The number of ketones is 1. The molecule has 1 aliphatic carbocycles. The summed E-state index contributed by atoms with van der Waals surface area (Å²) in [5.74, 6) is 0.741. The third kappa shape index (κ3) is 2.12. The van der Waals surface area contributed by atoms with Crippen molar-refractivity contribution in [2.45, 2.75) is 18.8 Å². The standard InChI is InChI=1S/C16H15NO2/c1-19-13-6-2-4-12(10-13)16(18)14-8-7-11-5-3-9-17-15(11)14/h2-6,9-10,14H,7-8H2,1H3. The van der Waals surface area contributed by atoms with E-state index in [0.717, 1.165) is 18.5 Å². The highest BCUT2D eigenvalue weighted by molar-refractivity contribution is 6.01. The topological polar surface area (TPSA) is 39.2 Å². The Labute approximate surface area is 112 Å². The third-order valence-corrected chi connectivity index (χ3v) is 3.63. The number of pyridine rings is 1. The van der Waals surface area contributed by atoms with E-state index in [1.54, 1.807) is 19.4 Å². The Morgan fingerprint density at radius 3 is 3.05 bits per heavy atom. The van der Waals surface area contributed by atoms with Crippen molar-refractivity contribution in [3.05, 3.63) is 59.4 Å². The first-order valence-corrected chi connectivity index (χ1v) is 6.41. The van der Waals surface area contributed by atoms with Crippen molar-refractivity contribution in [2.75, 3.05) is 7.11 Å². The van der Waals surface area contributed by atoms with Crippen LogP contribution in [0.3, 0.4) is 0 Å². The molecule has 1 aromatic heterocycles. The number of rotatable bonds is 3. The lowest BCUT2D eigenvalue weighted by atomic mass is 9.95. The fraction of sp³-hybridized carbons (Fsp3) is 0.250. The molecule has 2 aromatic rings. The minimum atomic E-state index is -0.108. The molecule has 0 N–H and O–H groups in total. The van der Waals surface area contributed by atoms with Gasteiger partial charge in [-0.25, -0.2) is 0 Å². The fourth-order valence-corrected chi connectivity index (χ4v) is 2.65. The average Bonchev–Trinajstić information content (AvgIpc) is 2.90. The molecular formula is C16H15NO2. The highest BCUT2D eigenvalue weighted by Crippen LogP contribution is 2.34. The van der Waals surface area contributed by atoms with E-state index < -0.39 is 0 Å². The number of carbonyl (C=O) groups excluding carboxylic acids is 1. The monoisotopic (exact) mass is 253 g/mol. The summed E-state index contributed by atoms with van der Waals surface area (Å²) in [4.78, 5) is 17.0. The predicted octanol–water partition coefficient (Wildman–Crippen LogP) is 3.00. The quantitative estimate of drug-likeness (QED) is 0.789. The van der Waals surface area contributed by atoms with E-state index in [-0.39, 0.29) is 11.7 Å². The van der Waals surface area contributed by atoms with Gasteiger partial charge in [0.2, 0.25) is 0 Å². The molecule has 0 bridgehead atoms. The van der Waals surface area contributed by atoms with E-state index >= 15 is 0 Å². The number of benzene rings is 1. The summed E-state index contributed by atoms with van der Waals surface area (Å²) >= 11 is 0. The Morgan fingerprint density at radius 1 is 1.32 bits per heavy atom. The molecule has 0 saturated heterocycles. The molecule has 0 saturated carbocycles. The van der Waals surface area contributed by atoms with Crippen molar-refractivity contribution in [1.82, 2.24) is 4.98 Å².